The lowest BCUT2D eigenvalue weighted by Crippen LogP contribution is -2.22. The summed E-state index contributed by atoms with van der Waals surface area (Å²) < 4.78 is 19.1. The molecular formula is C22H24N2O3. The maximum Gasteiger partial charge on any atom is 0.158 e. The third-order valence-electron chi connectivity index (χ3n) is 4.70. The molecule has 3 aromatic rings. The number of methoxy groups -OCH3 is 1. The van der Waals surface area contributed by atoms with E-state index in [1.807, 2.05) is 43.3 Å². The van der Waals surface area contributed by atoms with Crippen LogP contribution in [0.5, 0.6) is 11.5 Å². The molecule has 0 saturated carbocycles. The smallest absolute Gasteiger partial charge is 0.158 e. The Morgan fingerprint density at radius 1 is 1.04 bits per heavy atom. The molecule has 1 fully saturated rings. The van der Waals surface area contributed by atoms with Gasteiger partial charge in [-0.15, -0.1) is 0 Å². The summed E-state index contributed by atoms with van der Waals surface area (Å²) in [4.78, 5) is 2.26. The molecule has 2 heterocycles. The van der Waals surface area contributed by atoms with Crippen molar-refractivity contribution in [1.82, 2.24) is 4.57 Å². The Hall–Kier alpha value is -2.92. The van der Waals surface area contributed by atoms with Gasteiger partial charge in [-0.25, -0.2) is 0 Å². The monoisotopic (exact) mass is 364 g/mol. The molecule has 1 aliphatic heterocycles. The molecule has 4 rings (SSSR count). The van der Waals surface area contributed by atoms with Gasteiger partial charge in [0.25, 0.3) is 0 Å². The molecule has 0 unspecified atom stereocenters. The molecule has 140 valence electrons. The van der Waals surface area contributed by atoms with E-state index in [2.05, 4.69) is 40.1 Å². The summed E-state index contributed by atoms with van der Waals surface area (Å²) >= 11 is 0. The Balaban J connectivity index is 1.59. The van der Waals surface area contributed by atoms with Gasteiger partial charge in [0, 0.05) is 48.0 Å². The van der Waals surface area contributed by atoms with Crippen LogP contribution in [0, 0.1) is 0 Å². The Labute approximate surface area is 159 Å². The Morgan fingerprint density at radius 3 is 2.63 bits per heavy atom. The molecule has 5 heteroatoms. The molecule has 5 nitrogen and oxygen atoms in total. The summed E-state index contributed by atoms with van der Waals surface area (Å²) in [5.41, 5.74) is 3.29. The number of hydrogen-bond acceptors (Lipinski definition) is 4. The van der Waals surface area contributed by atoms with Gasteiger partial charge in [0.15, 0.2) is 6.23 Å². The molecule has 0 aliphatic carbocycles. The van der Waals surface area contributed by atoms with Crippen molar-refractivity contribution in [1.29, 1.82) is 0 Å². The fourth-order valence-electron chi connectivity index (χ4n) is 3.42. The fourth-order valence-corrected chi connectivity index (χ4v) is 3.42. The number of rotatable bonds is 6. The van der Waals surface area contributed by atoms with Crippen molar-refractivity contribution in [2.24, 2.45) is 0 Å². The van der Waals surface area contributed by atoms with Crippen molar-refractivity contribution in [3.63, 3.8) is 0 Å². The van der Waals surface area contributed by atoms with Crippen LogP contribution in [0.3, 0.4) is 0 Å². The Morgan fingerprint density at radius 2 is 1.81 bits per heavy atom. The average Bonchev–Trinajstić information content (AvgIpc) is 3.38. The highest BCUT2D eigenvalue weighted by Crippen LogP contribution is 2.34. The standard InChI is InChI=1S/C22H24N2O3/c1-3-26-21-9-4-6-18(14-21)23-11-10-17(16-23)22-24(12-13-27-22)19-7-5-8-20(15-19)25-2/h4-11,14-16,22H,3,12-13H2,1-2H3/t22-/m0/s1. The van der Waals surface area contributed by atoms with Crippen LogP contribution in [-0.2, 0) is 4.74 Å². The summed E-state index contributed by atoms with van der Waals surface area (Å²) in [5, 5.41) is 0. The van der Waals surface area contributed by atoms with Gasteiger partial charge in [0.1, 0.15) is 11.5 Å². The van der Waals surface area contributed by atoms with E-state index in [4.69, 9.17) is 14.2 Å². The van der Waals surface area contributed by atoms with E-state index in [0.29, 0.717) is 13.2 Å². The zero-order valence-electron chi connectivity index (χ0n) is 15.7. The van der Waals surface area contributed by atoms with Gasteiger partial charge in [-0.2, -0.15) is 0 Å². The second-order valence-corrected chi connectivity index (χ2v) is 6.40. The molecule has 1 saturated heterocycles. The van der Waals surface area contributed by atoms with Crippen LogP contribution in [0.15, 0.2) is 67.0 Å². The summed E-state index contributed by atoms with van der Waals surface area (Å²) in [6.07, 6.45) is 4.08. The minimum atomic E-state index is -0.103. The molecular weight excluding hydrogens is 340 g/mol. The summed E-state index contributed by atoms with van der Waals surface area (Å²) in [6.45, 7) is 4.20. The van der Waals surface area contributed by atoms with E-state index < -0.39 is 0 Å². The van der Waals surface area contributed by atoms with Crippen LogP contribution in [0.2, 0.25) is 0 Å². The summed E-state index contributed by atoms with van der Waals surface area (Å²) in [5.74, 6) is 1.73. The van der Waals surface area contributed by atoms with Gasteiger partial charge in [-0.05, 0) is 37.3 Å². The molecule has 1 aromatic heterocycles. The number of aromatic nitrogens is 1. The SMILES string of the molecule is CCOc1cccc(-n2ccc([C@@H]3OCCN3c3cccc(OC)c3)c2)c1. The first-order valence-electron chi connectivity index (χ1n) is 9.22. The Bertz CT molecular complexity index is 906. The maximum atomic E-state index is 6.04. The Kier molecular flexibility index (Phi) is 5.03. The van der Waals surface area contributed by atoms with Gasteiger partial charge in [-0.1, -0.05) is 12.1 Å². The van der Waals surface area contributed by atoms with Crippen LogP contribution in [0.25, 0.3) is 5.69 Å². The van der Waals surface area contributed by atoms with Crippen molar-refractivity contribution in [2.45, 2.75) is 13.2 Å². The normalized spacial score (nSPS) is 16.5. The van der Waals surface area contributed by atoms with E-state index in [-0.39, 0.29) is 6.23 Å². The van der Waals surface area contributed by atoms with Gasteiger partial charge in [0.05, 0.1) is 20.3 Å². The van der Waals surface area contributed by atoms with E-state index in [0.717, 1.165) is 35.0 Å². The lowest BCUT2D eigenvalue weighted by Gasteiger charge is -2.25. The van der Waals surface area contributed by atoms with Crippen LogP contribution in [-0.4, -0.2) is 31.4 Å². The maximum absolute atomic E-state index is 6.04. The van der Waals surface area contributed by atoms with Gasteiger partial charge in [-0.3, -0.25) is 0 Å². The van der Waals surface area contributed by atoms with Crippen molar-refractivity contribution in [3.8, 4) is 17.2 Å². The minimum Gasteiger partial charge on any atom is -0.497 e. The molecule has 0 radical (unpaired) electrons. The summed E-state index contributed by atoms with van der Waals surface area (Å²) in [7, 11) is 1.69. The molecule has 1 atom stereocenters. The quantitative estimate of drug-likeness (QED) is 0.649. The van der Waals surface area contributed by atoms with Crippen LogP contribution >= 0.6 is 0 Å². The molecule has 0 bridgehead atoms. The number of nitrogens with zero attached hydrogens (tertiary/aromatic N) is 2. The number of ether oxygens (including phenoxy) is 3. The fraction of sp³-hybridized carbons (Fsp3) is 0.273. The topological polar surface area (TPSA) is 35.9 Å². The number of hydrogen-bond donors (Lipinski definition) is 0. The molecule has 0 N–H and O–H groups in total. The highest BCUT2D eigenvalue weighted by atomic mass is 16.5. The third-order valence-corrected chi connectivity index (χ3v) is 4.70. The first-order valence-corrected chi connectivity index (χ1v) is 9.22. The predicted octanol–water partition coefficient (Wildman–Crippen LogP) is 4.42. The van der Waals surface area contributed by atoms with Crippen molar-refractivity contribution in [2.75, 3.05) is 31.8 Å². The number of anilines is 1. The zero-order chi connectivity index (χ0) is 18.6. The van der Waals surface area contributed by atoms with Gasteiger partial charge < -0.3 is 23.7 Å². The van der Waals surface area contributed by atoms with E-state index in [1.165, 1.54) is 0 Å². The lowest BCUT2D eigenvalue weighted by atomic mass is 10.2. The van der Waals surface area contributed by atoms with Crippen molar-refractivity contribution < 1.29 is 14.2 Å². The number of benzene rings is 2. The van der Waals surface area contributed by atoms with E-state index in [1.54, 1.807) is 7.11 Å². The molecule has 27 heavy (non-hydrogen) atoms. The molecule has 0 amide bonds. The highest BCUT2D eigenvalue weighted by Gasteiger charge is 2.28. The molecule has 0 spiro atoms. The highest BCUT2D eigenvalue weighted by molar-refractivity contribution is 5.53. The van der Waals surface area contributed by atoms with Crippen molar-refractivity contribution in [3.05, 3.63) is 72.6 Å². The largest absolute Gasteiger partial charge is 0.497 e. The van der Waals surface area contributed by atoms with Gasteiger partial charge >= 0.3 is 0 Å². The first-order chi connectivity index (χ1) is 13.3. The minimum absolute atomic E-state index is 0.103. The van der Waals surface area contributed by atoms with Crippen LogP contribution in [0.1, 0.15) is 18.7 Å². The molecule has 1 aliphatic rings. The summed E-state index contributed by atoms with van der Waals surface area (Å²) in [6, 6.07) is 18.3. The first kappa shape index (κ1) is 17.5. The lowest BCUT2D eigenvalue weighted by molar-refractivity contribution is 0.114. The van der Waals surface area contributed by atoms with E-state index >= 15 is 0 Å². The van der Waals surface area contributed by atoms with Crippen LogP contribution in [0.4, 0.5) is 5.69 Å². The zero-order valence-corrected chi connectivity index (χ0v) is 15.7. The molecule has 2 aromatic carbocycles. The second-order valence-electron chi connectivity index (χ2n) is 6.40. The van der Waals surface area contributed by atoms with Crippen molar-refractivity contribution >= 4 is 5.69 Å². The third kappa shape index (κ3) is 3.64. The predicted molar refractivity (Wildman–Crippen MR) is 106 cm³/mol. The van der Waals surface area contributed by atoms with Crippen LogP contribution < -0.4 is 14.4 Å². The van der Waals surface area contributed by atoms with Gasteiger partial charge in [0.2, 0.25) is 0 Å². The van der Waals surface area contributed by atoms with E-state index in [9.17, 15) is 0 Å². The average molecular weight is 364 g/mol. The second kappa shape index (κ2) is 7.76.